The second kappa shape index (κ2) is 15.2. The van der Waals surface area contributed by atoms with Crippen LogP contribution in [-0.4, -0.2) is 77.1 Å². The average molecular weight is 661 g/mol. The molecule has 0 saturated carbocycles. The molecule has 1 aliphatic heterocycles. The number of benzene rings is 2. The van der Waals surface area contributed by atoms with Crippen LogP contribution >= 0.6 is 0 Å². The summed E-state index contributed by atoms with van der Waals surface area (Å²) in [6, 6.07) is 9.62. The molecule has 0 bridgehead atoms. The minimum atomic E-state index is -1.21. The lowest BCUT2D eigenvalue weighted by Crippen LogP contribution is -2.43. The number of amides is 3. The van der Waals surface area contributed by atoms with Crippen LogP contribution in [0.5, 0.6) is 5.75 Å². The number of hydrogen-bond donors (Lipinski definition) is 3. The molecule has 3 heterocycles. The van der Waals surface area contributed by atoms with E-state index < -0.39 is 24.3 Å². The Morgan fingerprint density at radius 2 is 1.90 bits per heavy atom. The predicted octanol–water partition coefficient (Wildman–Crippen LogP) is 4.34. The van der Waals surface area contributed by atoms with Gasteiger partial charge in [0.15, 0.2) is 29.6 Å². The zero-order valence-corrected chi connectivity index (χ0v) is 26.4. The molecule has 0 spiro atoms. The van der Waals surface area contributed by atoms with Gasteiger partial charge in [-0.25, -0.2) is 19.2 Å². The van der Waals surface area contributed by atoms with E-state index in [0.717, 1.165) is 5.56 Å². The van der Waals surface area contributed by atoms with Crippen LogP contribution < -0.4 is 20.7 Å². The monoisotopic (exact) mass is 660 g/mol. The van der Waals surface area contributed by atoms with Gasteiger partial charge in [-0.05, 0) is 62.1 Å². The first-order valence-electron chi connectivity index (χ1n) is 15.3. The number of ether oxygens (including phenoxy) is 2. The van der Waals surface area contributed by atoms with Crippen LogP contribution in [0, 0.1) is 35.8 Å². The highest BCUT2D eigenvalue weighted by Crippen LogP contribution is 2.32. The number of nitrogens with one attached hydrogen (secondary N) is 3. The van der Waals surface area contributed by atoms with Crippen molar-refractivity contribution in [2.75, 3.05) is 45.2 Å². The second-order valence-electron chi connectivity index (χ2n) is 11.1. The number of carbonyl (C=O) groups excluding carboxylic acids is 3. The van der Waals surface area contributed by atoms with Gasteiger partial charge in [-0.3, -0.25) is 14.0 Å². The Bertz CT molecular complexity index is 1870. The molecule has 250 valence electrons. The van der Waals surface area contributed by atoms with Crippen LogP contribution in [0.3, 0.4) is 0 Å². The van der Waals surface area contributed by atoms with Gasteiger partial charge < -0.3 is 30.3 Å². The standard InChI is InChI=1S/C33H34F2N8O5/c1-20-18-22(4-5-23(20)32(45)42-13-8-21(9-14-42)31(44)39-11-3-16-48-33(46)37-2)41-29-30-40-19-25(43(30)15-12-38-29)24-6-7-26(47-17-10-36)28(35)27(24)34/h4-7,12,15,18-19,21H,3,8-9,11,13-14,16-17H2,1-2H3,(H,37,46)(H,38,41)(H,39,44). The van der Waals surface area contributed by atoms with E-state index in [1.807, 2.05) is 13.0 Å². The van der Waals surface area contributed by atoms with Crippen LogP contribution in [-0.2, 0) is 9.53 Å². The zero-order chi connectivity index (χ0) is 34.2. The highest BCUT2D eigenvalue weighted by molar-refractivity contribution is 5.96. The van der Waals surface area contributed by atoms with E-state index in [2.05, 4.69) is 25.9 Å². The number of aromatic nitrogens is 3. The third kappa shape index (κ3) is 7.43. The first kappa shape index (κ1) is 33.6. The van der Waals surface area contributed by atoms with Crippen LogP contribution in [0.15, 0.2) is 48.9 Å². The fraction of sp³-hybridized carbons (Fsp3) is 0.333. The summed E-state index contributed by atoms with van der Waals surface area (Å²) < 4.78 is 41.0. The van der Waals surface area contributed by atoms with Crippen LogP contribution in [0.25, 0.3) is 16.9 Å². The van der Waals surface area contributed by atoms with E-state index in [-0.39, 0.29) is 41.3 Å². The summed E-state index contributed by atoms with van der Waals surface area (Å²) in [6.45, 7) is 2.91. The number of nitrogens with zero attached hydrogens (tertiary/aromatic N) is 5. The highest BCUT2D eigenvalue weighted by Gasteiger charge is 2.28. The molecule has 1 fully saturated rings. The first-order chi connectivity index (χ1) is 23.2. The Kier molecular flexibility index (Phi) is 10.6. The predicted molar refractivity (Wildman–Crippen MR) is 171 cm³/mol. The summed E-state index contributed by atoms with van der Waals surface area (Å²) in [5.41, 5.74) is 2.50. The summed E-state index contributed by atoms with van der Waals surface area (Å²) in [4.78, 5) is 47.5. The van der Waals surface area contributed by atoms with Crippen molar-refractivity contribution in [3.8, 4) is 23.1 Å². The lowest BCUT2D eigenvalue weighted by atomic mass is 9.95. The van der Waals surface area contributed by atoms with Crippen molar-refractivity contribution >= 4 is 35.1 Å². The molecular formula is C33H34F2N8O5. The topological polar surface area (TPSA) is 163 Å². The number of aryl methyl sites for hydroxylation is 1. The van der Waals surface area contributed by atoms with E-state index in [4.69, 9.17) is 14.7 Å². The summed E-state index contributed by atoms with van der Waals surface area (Å²) >= 11 is 0. The van der Waals surface area contributed by atoms with Gasteiger partial charge in [0.2, 0.25) is 11.7 Å². The number of piperidine rings is 1. The molecular weight excluding hydrogens is 626 g/mol. The molecule has 0 unspecified atom stereocenters. The Morgan fingerprint density at radius 3 is 2.62 bits per heavy atom. The summed E-state index contributed by atoms with van der Waals surface area (Å²) in [6.07, 6.45) is 5.55. The lowest BCUT2D eigenvalue weighted by Gasteiger charge is -2.31. The quantitative estimate of drug-likeness (QED) is 0.199. The Labute approximate surface area is 274 Å². The molecule has 2 aromatic carbocycles. The van der Waals surface area contributed by atoms with Gasteiger partial charge in [0.25, 0.3) is 5.91 Å². The van der Waals surface area contributed by atoms with E-state index in [1.54, 1.807) is 33.7 Å². The van der Waals surface area contributed by atoms with E-state index >= 15 is 0 Å². The number of rotatable bonds is 11. The maximum absolute atomic E-state index is 15.0. The number of fused-ring (bicyclic) bond motifs is 1. The molecule has 1 saturated heterocycles. The highest BCUT2D eigenvalue weighted by atomic mass is 19.2. The van der Waals surface area contributed by atoms with E-state index in [9.17, 15) is 23.2 Å². The maximum Gasteiger partial charge on any atom is 0.406 e. The molecule has 2 aromatic heterocycles. The SMILES string of the molecule is CNC(=O)OCCCNC(=O)C1CCN(C(=O)c2ccc(Nc3nccn4c(-c5ccc(OCC#N)c(F)c5F)cnc34)cc2C)CC1. The van der Waals surface area contributed by atoms with Crippen molar-refractivity contribution in [3.05, 3.63) is 71.7 Å². The molecule has 3 N–H and O–H groups in total. The normalized spacial score (nSPS) is 13.1. The smallest absolute Gasteiger partial charge is 0.406 e. The number of likely N-dealkylation sites (tertiary alicyclic amines) is 1. The second-order valence-corrected chi connectivity index (χ2v) is 11.1. The molecule has 0 radical (unpaired) electrons. The van der Waals surface area contributed by atoms with Crippen LogP contribution in [0.1, 0.15) is 35.2 Å². The Morgan fingerprint density at radius 1 is 1.10 bits per heavy atom. The Balaban J connectivity index is 1.20. The number of nitriles is 1. The molecule has 5 rings (SSSR count). The average Bonchev–Trinajstić information content (AvgIpc) is 3.53. The van der Waals surface area contributed by atoms with Crippen molar-refractivity contribution < 1.29 is 32.6 Å². The minimum Gasteiger partial charge on any atom is -0.476 e. The molecule has 3 amide bonds. The van der Waals surface area contributed by atoms with Crippen molar-refractivity contribution in [1.82, 2.24) is 29.9 Å². The zero-order valence-electron chi connectivity index (χ0n) is 26.4. The van der Waals surface area contributed by atoms with Gasteiger partial charge >= 0.3 is 6.09 Å². The van der Waals surface area contributed by atoms with Crippen LogP contribution in [0.4, 0.5) is 25.1 Å². The number of carbonyl (C=O) groups is 3. The van der Waals surface area contributed by atoms with Crippen molar-refractivity contribution in [2.24, 2.45) is 5.92 Å². The van der Waals surface area contributed by atoms with Gasteiger partial charge in [0.05, 0.1) is 18.5 Å². The number of imidazole rings is 1. The molecule has 0 aliphatic carbocycles. The van der Waals surface area contributed by atoms with Gasteiger partial charge in [-0.15, -0.1) is 0 Å². The molecule has 13 nitrogen and oxygen atoms in total. The number of anilines is 2. The third-order valence-electron chi connectivity index (χ3n) is 7.97. The Hall–Kier alpha value is -5.78. The fourth-order valence-electron chi connectivity index (χ4n) is 5.46. The third-order valence-corrected chi connectivity index (χ3v) is 7.97. The van der Waals surface area contributed by atoms with Crippen molar-refractivity contribution in [2.45, 2.75) is 26.2 Å². The number of alkyl carbamates (subject to hydrolysis) is 1. The fourth-order valence-corrected chi connectivity index (χ4v) is 5.46. The summed E-state index contributed by atoms with van der Waals surface area (Å²) in [5.74, 6) is -2.74. The van der Waals surface area contributed by atoms with Crippen LogP contribution in [0.2, 0.25) is 0 Å². The van der Waals surface area contributed by atoms with E-state index in [1.165, 1.54) is 31.6 Å². The maximum atomic E-state index is 15.0. The van der Waals surface area contributed by atoms with Crippen molar-refractivity contribution in [1.29, 1.82) is 5.26 Å². The summed E-state index contributed by atoms with van der Waals surface area (Å²) in [7, 11) is 1.48. The van der Waals surface area contributed by atoms with Gasteiger partial charge in [0.1, 0.15) is 6.07 Å². The minimum absolute atomic E-state index is 0.0468. The number of hydrogen-bond acceptors (Lipinski definition) is 9. The largest absolute Gasteiger partial charge is 0.476 e. The van der Waals surface area contributed by atoms with Crippen molar-refractivity contribution in [3.63, 3.8) is 0 Å². The van der Waals surface area contributed by atoms with Gasteiger partial charge in [-0.2, -0.15) is 9.65 Å². The molecule has 4 aromatic rings. The van der Waals surface area contributed by atoms with E-state index in [0.29, 0.717) is 61.6 Å². The summed E-state index contributed by atoms with van der Waals surface area (Å²) in [5, 5.41) is 17.1. The molecule has 1 aliphatic rings. The number of halogens is 2. The molecule has 0 atom stereocenters. The van der Waals surface area contributed by atoms with Gasteiger partial charge in [-0.1, -0.05) is 0 Å². The van der Waals surface area contributed by atoms with Gasteiger partial charge in [0, 0.05) is 61.8 Å². The molecule has 15 heteroatoms. The lowest BCUT2D eigenvalue weighted by molar-refractivity contribution is -0.126. The first-order valence-corrected chi connectivity index (χ1v) is 15.3. The molecule has 48 heavy (non-hydrogen) atoms.